The summed E-state index contributed by atoms with van der Waals surface area (Å²) in [7, 11) is 0. The van der Waals surface area contributed by atoms with E-state index in [1.807, 2.05) is 17.5 Å². The molecule has 1 amide bonds. The molecular weight excluding hydrogens is 305 g/mol. The van der Waals surface area contributed by atoms with Gasteiger partial charge in [-0.2, -0.15) is 0 Å². The summed E-state index contributed by atoms with van der Waals surface area (Å²) in [5.41, 5.74) is -0.453. The first-order valence-corrected chi connectivity index (χ1v) is 7.83. The zero-order valence-electron chi connectivity index (χ0n) is 12.0. The molecule has 0 fully saturated rings. The van der Waals surface area contributed by atoms with E-state index in [0.717, 1.165) is 4.88 Å². The van der Waals surface area contributed by atoms with Gasteiger partial charge in [-0.05, 0) is 24.4 Å². The first kappa shape index (κ1) is 15.0. The second-order valence-electron chi connectivity index (χ2n) is 5.51. The van der Waals surface area contributed by atoms with Crippen molar-refractivity contribution in [3.05, 3.63) is 52.0 Å². The van der Waals surface area contributed by atoms with Gasteiger partial charge in [0.25, 0.3) is 5.91 Å². The van der Waals surface area contributed by atoms with E-state index >= 15 is 0 Å². The second kappa shape index (κ2) is 5.70. The molecule has 6 heteroatoms. The van der Waals surface area contributed by atoms with E-state index in [1.165, 1.54) is 17.4 Å². The van der Waals surface area contributed by atoms with E-state index < -0.39 is 17.5 Å². The molecule has 0 bridgehead atoms. The lowest BCUT2D eigenvalue weighted by atomic mass is 10.0. The Morgan fingerprint density at radius 1 is 1.50 bits per heavy atom. The normalized spacial score (nSPS) is 19.1. The van der Waals surface area contributed by atoms with Gasteiger partial charge in [-0.1, -0.05) is 18.2 Å². The fraction of sp³-hybridized carbons (Fsp3) is 0.312. The van der Waals surface area contributed by atoms with E-state index in [1.54, 1.807) is 19.1 Å². The van der Waals surface area contributed by atoms with Gasteiger partial charge in [-0.25, -0.2) is 4.39 Å². The lowest BCUT2D eigenvalue weighted by Crippen LogP contribution is -2.44. The molecule has 22 heavy (non-hydrogen) atoms. The van der Waals surface area contributed by atoms with Crippen LogP contribution in [0, 0.1) is 5.82 Å². The van der Waals surface area contributed by atoms with E-state index in [-0.39, 0.29) is 18.2 Å². The van der Waals surface area contributed by atoms with Crippen molar-refractivity contribution >= 4 is 17.2 Å². The summed E-state index contributed by atoms with van der Waals surface area (Å²) < 4.78 is 19.0. The summed E-state index contributed by atoms with van der Waals surface area (Å²) in [6, 6.07) is 8.30. The zero-order chi connectivity index (χ0) is 15.7. The molecular formula is C16H16FNO3S. The zero-order valence-corrected chi connectivity index (χ0v) is 12.8. The molecule has 1 aliphatic heterocycles. The lowest BCUT2D eigenvalue weighted by molar-refractivity contribution is -0.128. The van der Waals surface area contributed by atoms with Gasteiger partial charge < -0.3 is 15.2 Å². The van der Waals surface area contributed by atoms with Crippen LogP contribution >= 0.6 is 11.3 Å². The van der Waals surface area contributed by atoms with E-state index in [9.17, 15) is 14.3 Å². The minimum atomic E-state index is -1.14. The molecule has 1 aromatic carbocycles. The van der Waals surface area contributed by atoms with E-state index in [0.29, 0.717) is 12.0 Å². The third kappa shape index (κ3) is 2.84. The van der Waals surface area contributed by atoms with Crippen LogP contribution in [0.1, 0.15) is 17.4 Å². The number of hydrogen-bond acceptors (Lipinski definition) is 4. The number of hydrogen-bond donors (Lipinski definition) is 2. The summed E-state index contributed by atoms with van der Waals surface area (Å²) in [4.78, 5) is 12.9. The van der Waals surface area contributed by atoms with Crippen molar-refractivity contribution in [2.45, 2.75) is 25.0 Å². The molecule has 0 radical (unpaired) electrons. The molecule has 1 aromatic heterocycles. The predicted molar refractivity (Wildman–Crippen MR) is 81.4 cm³/mol. The first-order valence-electron chi connectivity index (χ1n) is 6.95. The Bertz CT molecular complexity index is 685. The number of fused-ring (bicyclic) bond motifs is 1. The number of carbonyl (C=O) groups excluding carboxylic acids is 1. The number of amides is 1. The maximum Gasteiger partial charge on any atom is 0.261 e. The number of benzene rings is 1. The quantitative estimate of drug-likeness (QED) is 0.908. The van der Waals surface area contributed by atoms with Gasteiger partial charge in [0.2, 0.25) is 0 Å². The van der Waals surface area contributed by atoms with Crippen LogP contribution in [0.3, 0.4) is 0 Å². The van der Waals surface area contributed by atoms with Gasteiger partial charge >= 0.3 is 0 Å². The molecule has 2 atom stereocenters. The van der Waals surface area contributed by atoms with Crippen LogP contribution in [-0.2, 0) is 16.8 Å². The average molecular weight is 321 g/mol. The fourth-order valence-corrected chi connectivity index (χ4v) is 3.21. The van der Waals surface area contributed by atoms with Gasteiger partial charge in [0.15, 0.2) is 17.7 Å². The van der Waals surface area contributed by atoms with Crippen LogP contribution in [-0.4, -0.2) is 23.7 Å². The number of thiophene rings is 1. The minimum Gasteiger partial charge on any atom is -0.477 e. The second-order valence-corrected chi connectivity index (χ2v) is 6.46. The molecule has 0 spiro atoms. The molecule has 116 valence electrons. The SMILES string of the molecule is CC(O)(CNC(=O)C1Cc2cccc(F)c2O1)c1cccs1. The molecule has 1 aliphatic rings. The van der Waals surface area contributed by atoms with E-state index in [4.69, 9.17) is 4.74 Å². The fourth-order valence-electron chi connectivity index (χ4n) is 2.42. The minimum absolute atomic E-state index is 0.0744. The number of carbonyl (C=O) groups is 1. The summed E-state index contributed by atoms with van der Waals surface area (Å²) >= 11 is 1.42. The first-order chi connectivity index (χ1) is 10.5. The molecule has 2 N–H and O–H groups in total. The molecule has 2 heterocycles. The van der Waals surface area contributed by atoms with Crippen LogP contribution in [0.5, 0.6) is 5.75 Å². The van der Waals surface area contributed by atoms with Crippen molar-refractivity contribution in [1.29, 1.82) is 0 Å². The number of para-hydroxylation sites is 1. The molecule has 0 saturated heterocycles. The maximum atomic E-state index is 13.6. The molecule has 4 nitrogen and oxygen atoms in total. The highest BCUT2D eigenvalue weighted by Crippen LogP contribution is 2.31. The highest BCUT2D eigenvalue weighted by Gasteiger charge is 2.33. The Labute approximate surface area is 131 Å². The third-order valence-corrected chi connectivity index (χ3v) is 4.79. The van der Waals surface area contributed by atoms with Gasteiger partial charge in [-0.15, -0.1) is 11.3 Å². The number of ether oxygens (including phenoxy) is 1. The van der Waals surface area contributed by atoms with Crippen LogP contribution in [0.15, 0.2) is 35.7 Å². The Kier molecular flexibility index (Phi) is 3.88. The van der Waals surface area contributed by atoms with Crippen molar-refractivity contribution in [2.75, 3.05) is 6.54 Å². The molecule has 3 rings (SSSR count). The summed E-state index contributed by atoms with van der Waals surface area (Å²) in [5.74, 6) is -0.668. The predicted octanol–water partition coefficient (Wildman–Crippen LogP) is 2.21. The smallest absolute Gasteiger partial charge is 0.261 e. The van der Waals surface area contributed by atoms with Crippen molar-refractivity contribution in [1.82, 2.24) is 5.32 Å². The van der Waals surface area contributed by atoms with Crippen molar-refractivity contribution < 1.29 is 19.0 Å². The largest absolute Gasteiger partial charge is 0.477 e. The summed E-state index contributed by atoms with van der Waals surface area (Å²) in [6.45, 7) is 1.72. The Hall–Kier alpha value is -1.92. The highest BCUT2D eigenvalue weighted by atomic mass is 32.1. The summed E-state index contributed by atoms with van der Waals surface area (Å²) in [6.07, 6.45) is -0.425. The number of rotatable bonds is 4. The van der Waals surface area contributed by atoms with Gasteiger partial charge in [0, 0.05) is 16.9 Å². The number of halogens is 1. The van der Waals surface area contributed by atoms with Gasteiger partial charge in [0.05, 0.1) is 6.54 Å². The van der Waals surface area contributed by atoms with E-state index in [2.05, 4.69) is 5.32 Å². The van der Waals surface area contributed by atoms with Crippen molar-refractivity contribution in [3.63, 3.8) is 0 Å². The average Bonchev–Trinajstić information content (AvgIpc) is 3.14. The lowest BCUT2D eigenvalue weighted by Gasteiger charge is -2.23. The monoisotopic (exact) mass is 321 g/mol. The third-order valence-electron chi connectivity index (χ3n) is 3.67. The Morgan fingerprint density at radius 3 is 3.00 bits per heavy atom. The van der Waals surface area contributed by atoms with Gasteiger partial charge in [-0.3, -0.25) is 4.79 Å². The molecule has 2 unspecified atom stereocenters. The van der Waals surface area contributed by atoms with Crippen molar-refractivity contribution in [2.24, 2.45) is 0 Å². The standard InChI is InChI=1S/C16H16FNO3S/c1-16(20,13-6-3-7-22-13)9-18-15(19)12-8-10-4-2-5-11(17)14(10)21-12/h2-7,12,20H,8-9H2,1H3,(H,18,19). The molecule has 2 aromatic rings. The highest BCUT2D eigenvalue weighted by molar-refractivity contribution is 7.10. The topological polar surface area (TPSA) is 58.6 Å². The maximum absolute atomic E-state index is 13.6. The molecule has 0 saturated carbocycles. The van der Waals surface area contributed by atoms with Crippen LogP contribution in [0.4, 0.5) is 4.39 Å². The Balaban J connectivity index is 1.61. The Morgan fingerprint density at radius 2 is 2.32 bits per heavy atom. The molecule has 0 aliphatic carbocycles. The van der Waals surface area contributed by atoms with Crippen LogP contribution < -0.4 is 10.1 Å². The number of aliphatic hydroxyl groups is 1. The van der Waals surface area contributed by atoms with Crippen molar-refractivity contribution in [3.8, 4) is 5.75 Å². The number of nitrogens with one attached hydrogen (secondary N) is 1. The van der Waals surface area contributed by atoms with Crippen LogP contribution in [0.2, 0.25) is 0 Å². The van der Waals surface area contributed by atoms with Crippen LogP contribution in [0.25, 0.3) is 0 Å². The van der Waals surface area contributed by atoms with Gasteiger partial charge in [0.1, 0.15) is 5.60 Å². The summed E-state index contributed by atoms with van der Waals surface area (Å²) in [5, 5.41) is 14.9.